The van der Waals surface area contributed by atoms with Gasteiger partial charge in [0.1, 0.15) is 0 Å². The van der Waals surface area contributed by atoms with Crippen LogP contribution in [-0.2, 0) is 0 Å². The van der Waals surface area contributed by atoms with Crippen molar-refractivity contribution in [2.24, 2.45) is 0 Å². The molecule has 0 saturated carbocycles. The molecule has 0 aliphatic heterocycles. The molecule has 21 heavy (non-hydrogen) atoms. The Morgan fingerprint density at radius 1 is 1.33 bits per heavy atom. The zero-order chi connectivity index (χ0) is 15.2. The number of hydrogen-bond acceptors (Lipinski definition) is 4. The van der Waals surface area contributed by atoms with Gasteiger partial charge in [-0.2, -0.15) is 5.10 Å². The Hall–Kier alpha value is -2.34. The summed E-state index contributed by atoms with van der Waals surface area (Å²) in [5.41, 5.74) is 7.58. The number of nitrogen functional groups attached to an aromatic ring is 1. The number of carbonyl (C=O) groups excluding carboxylic acids is 1. The van der Waals surface area contributed by atoms with E-state index in [1.54, 1.807) is 34.0 Å². The van der Waals surface area contributed by atoms with Crippen LogP contribution < -0.4 is 5.73 Å². The SMILES string of the molecule is CCN(CCCO)C(=O)c1ccn(-c2ccc(N)cc2)n1. The van der Waals surface area contributed by atoms with Crippen LogP contribution in [-0.4, -0.2) is 45.4 Å². The fourth-order valence-corrected chi connectivity index (χ4v) is 2.04. The topological polar surface area (TPSA) is 84.4 Å². The predicted molar refractivity (Wildman–Crippen MR) is 81.3 cm³/mol. The second-order valence-corrected chi connectivity index (χ2v) is 4.70. The summed E-state index contributed by atoms with van der Waals surface area (Å²) >= 11 is 0. The van der Waals surface area contributed by atoms with Crippen molar-refractivity contribution in [3.63, 3.8) is 0 Å². The van der Waals surface area contributed by atoms with Gasteiger partial charge in [0.05, 0.1) is 5.69 Å². The molecule has 0 fully saturated rings. The van der Waals surface area contributed by atoms with E-state index in [1.165, 1.54) is 0 Å². The zero-order valence-electron chi connectivity index (χ0n) is 12.1. The van der Waals surface area contributed by atoms with Crippen molar-refractivity contribution >= 4 is 11.6 Å². The quantitative estimate of drug-likeness (QED) is 0.785. The molecular weight excluding hydrogens is 268 g/mol. The molecule has 0 radical (unpaired) electrons. The highest BCUT2D eigenvalue weighted by molar-refractivity contribution is 5.92. The summed E-state index contributed by atoms with van der Waals surface area (Å²) in [6.45, 7) is 3.10. The van der Waals surface area contributed by atoms with Gasteiger partial charge in [-0.05, 0) is 43.7 Å². The number of nitrogens with zero attached hydrogens (tertiary/aromatic N) is 3. The van der Waals surface area contributed by atoms with E-state index >= 15 is 0 Å². The van der Waals surface area contributed by atoms with Gasteiger partial charge in [0, 0.05) is 31.6 Å². The van der Waals surface area contributed by atoms with E-state index in [0.717, 1.165) is 5.69 Å². The second kappa shape index (κ2) is 6.90. The summed E-state index contributed by atoms with van der Waals surface area (Å²) in [6.07, 6.45) is 2.32. The Labute approximate surface area is 123 Å². The zero-order valence-corrected chi connectivity index (χ0v) is 12.1. The van der Waals surface area contributed by atoms with Gasteiger partial charge < -0.3 is 15.7 Å². The first kappa shape index (κ1) is 15.1. The summed E-state index contributed by atoms with van der Waals surface area (Å²) in [5, 5.41) is 13.2. The molecule has 112 valence electrons. The lowest BCUT2D eigenvalue weighted by Crippen LogP contribution is -2.32. The first-order chi connectivity index (χ1) is 10.2. The van der Waals surface area contributed by atoms with E-state index in [9.17, 15) is 4.79 Å². The molecule has 2 rings (SSSR count). The number of rotatable bonds is 6. The molecule has 1 aromatic heterocycles. The number of aliphatic hydroxyl groups excluding tert-OH is 1. The van der Waals surface area contributed by atoms with Gasteiger partial charge in [-0.3, -0.25) is 4.79 Å². The Balaban J connectivity index is 2.14. The van der Waals surface area contributed by atoms with E-state index in [1.807, 2.05) is 19.1 Å². The lowest BCUT2D eigenvalue weighted by Gasteiger charge is -2.19. The third kappa shape index (κ3) is 3.61. The molecule has 1 aromatic carbocycles. The van der Waals surface area contributed by atoms with Gasteiger partial charge in [-0.1, -0.05) is 0 Å². The molecule has 6 nitrogen and oxygen atoms in total. The van der Waals surface area contributed by atoms with Crippen LogP contribution in [0.4, 0.5) is 5.69 Å². The second-order valence-electron chi connectivity index (χ2n) is 4.70. The first-order valence-corrected chi connectivity index (χ1v) is 6.97. The highest BCUT2D eigenvalue weighted by Gasteiger charge is 2.16. The fourth-order valence-electron chi connectivity index (χ4n) is 2.04. The van der Waals surface area contributed by atoms with Crippen LogP contribution in [0.1, 0.15) is 23.8 Å². The van der Waals surface area contributed by atoms with Crippen LogP contribution in [0.5, 0.6) is 0 Å². The third-order valence-electron chi connectivity index (χ3n) is 3.22. The molecule has 0 spiro atoms. The maximum atomic E-state index is 12.3. The average molecular weight is 288 g/mol. The molecule has 1 amide bonds. The Kier molecular flexibility index (Phi) is 4.94. The number of amides is 1. The standard InChI is InChI=1S/C15H20N4O2/c1-2-18(9-3-11-20)15(21)14-8-10-19(17-14)13-6-4-12(16)5-7-13/h4-8,10,20H,2-3,9,11,16H2,1H3. The van der Waals surface area contributed by atoms with Gasteiger partial charge >= 0.3 is 0 Å². The summed E-state index contributed by atoms with van der Waals surface area (Å²) in [4.78, 5) is 14.0. The highest BCUT2D eigenvalue weighted by atomic mass is 16.3. The van der Waals surface area contributed by atoms with E-state index < -0.39 is 0 Å². The minimum Gasteiger partial charge on any atom is -0.399 e. The van der Waals surface area contributed by atoms with Crippen molar-refractivity contribution in [2.75, 3.05) is 25.4 Å². The van der Waals surface area contributed by atoms with Crippen molar-refractivity contribution in [3.8, 4) is 5.69 Å². The molecular formula is C15H20N4O2. The summed E-state index contributed by atoms with van der Waals surface area (Å²) in [5.74, 6) is -0.125. The largest absolute Gasteiger partial charge is 0.399 e. The van der Waals surface area contributed by atoms with Crippen LogP contribution in [0.2, 0.25) is 0 Å². The van der Waals surface area contributed by atoms with Gasteiger partial charge in [-0.15, -0.1) is 0 Å². The van der Waals surface area contributed by atoms with Gasteiger partial charge in [0.15, 0.2) is 5.69 Å². The average Bonchev–Trinajstić information content (AvgIpc) is 2.98. The molecule has 1 heterocycles. The van der Waals surface area contributed by atoms with Crippen molar-refractivity contribution in [2.45, 2.75) is 13.3 Å². The molecule has 3 N–H and O–H groups in total. The molecule has 0 saturated heterocycles. The van der Waals surface area contributed by atoms with Crippen LogP contribution in [0, 0.1) is 0 Å². The number of hydrogen-bond donors (Lipinski definition) is 2. The van der Waals surface area contributed by atoms with E-state index in [0.29, 0.717) is 30.9 Å². The molecule has 0 unspecified atom stereocenters. The Bertz CT molecular complexity index is 592. The molecule has 0 aliphatic carbocycles. The summed E-state index contributed by atoms with van der Waals surface area (Å²) < 4.78 is 1.65. The van der Waals surface area contributed by atoms with Crippen LogP contribution in [0.15, 0.2) is 36.5 Å². The molecule has 0 bridgehead atoms. The Morgan fingerprint density at radius 3 is 2.67 bits per heavy atom. The van der Waals surface area contributed by atoms with Crippen molar-refractivity contribution in [1.29, 1.82) is 0 Å². The number of nitrogens with two attached hydrogens (primary N) is 1. The highest BCUT2D eigenvalue weighted by Crippen LogP contribution is 2.11. The maximum Gasteiger partial charge on any atom is 0.274 e. The molecule has 0 aliphatic rings. The minimum absolute atomic E-state index is 0.0731. The number of carbonyl (C=O) groups is 1. The molecule has 6 heteroatoms. The van der Waals surface area contributed by atoms with E-state index in [4.69, 9.17) is 10.8 Å². The fraction of sp³-hybridized carbons (Fsp3) is 0.333. The van der Waals surface area contributed by atoms with E-state index in [2.05, 4.69) is 5.10 Å². The lowest BCUT2D eigenvalue weighted by atomic mass is 10.3. The van der Waals surface area contributed by atoms with Crippen molar-refractivity contribution in [1.82, 2.24) is 14.7 Å². The molecule has 0 atom stereocenters. The maximum absolute atomic E-state index is 12.3. The van der Waals surface area contributed by atoms with Crippen molar-refractivity contribution in [3.05, 3.63) is 42.2 Å². The Morgan fingerprint density at radius 2 is 2.05 bits per heavy atom. The van der Waals surface area contributed by atoms with Gasteiger partial charge in [-0.25, -0.2) is 4.68 Å². The smallest absolute Gasteiger partial charge is 0.274 e. The monoisotopic (exact) mass is 288 g/mol. The lowest BCUT2D eigenvalue weighted by molar-refractivity contribution is 0.0748. The minimum atomic E-state index is -0.125. The van der Waals surface area contributed by atoms with Crippen LogP contribution in [0.3, 0.4) is 0 Å². The van der Waals surface area contributed by atoms with E-state index in [-0.39, 0.29) is 12.5 Å². The third-order valence-corrected chi connectivity index (χ3v) is 3.22. The summed E-state index contributed by atoms with van der Waals surface area (Å²) in [6, 6.07) is 8.97. The normalized spacial score (nSPS) is 10.6. The van der Waals surface area contributed by atoms with Crippen molar-refractivity contribution < 1.29 is 9.90 Å². The number of aliphatic hydroxyl groups is 1. The predicted octanol–water partition coefficient (Wildman–Crippen LogP) is 1.30. The van der Waals surface area contributed by atoms with Crippen LogP contribution >= 0.6 is 0 Å². The number of anilines is 1. The first-order valence-electron chi connectivity index (χ1n) is 6.97. The van der Waals surface area contributed by atoms with Crippen LogP contribution in [0.25, 0.3) is 5.69 Å². The van der Waals surface area contributed by atoms with Gasteiger partial charge in [0.2, 0.25) is 0 Å². The number of benzene rings is 1. The summed E-state index contributed by atoms with van der Waals surface area (Å²) in [7, 11) is 0. The molecule has 2 aromatic rings. The van der Waals surface area contributed by atoms with Gasteiger partial charge in [0.25, 0.3) is 5.91 Å². The number of aromatic nitrogens is 2.